The van der Waals surface area contributed by atoms with Crippen LogP contribution in [0.1, 0.15) is 50.4 Å². The maximum Gasteiger partial charge on any atom is 0.252 e. The number of hydrogen-bond donors (Lipinski definition) is 2. The molecule has 0 aliphatic carbocycles. The van der Waals surface area contributed by atoms with E-state index in [0.717, 1.165) is 10.8 Å². The van der Waals surface area contributed by atoms with E-state index in [1.54, 1.807) is 18.2 Å². The van der Waals surface area contributed by atoms with E-state index in [1.165, 1.54) is 0 Å². The largest absolute Gasteiger partial charge is 0.489 e. The average molecular weight is 636 g/mol. The molecule has 0 saturated heterocycles. The first-order chi connectivity index (χ1) is 22.8. The van der Waals surface area contributed by atoms with Crippen LogP contribution in [-0.4, -0.2) is 54.2 Å². The minimum absolute atomic E-state index is 0.0253. The van der Waals surface area contributed by atoms with Crippen molar-refractivity contribution in [3.05, 3.63) is 109 Å². The second-order valence-corrected chi connectivity index (χ2v) is 12.1. The molecule has 2 N–H and O–H groups in total. The molecule has 0 saturated carbocycles. The molecule has 4 aromatic carbocycles. The van der Waals surface area contributed by atoms with Crippen LogP contribution in [0.25, 0.3) is 10.8 Å². The van der Waals surface area contributed by atoms with Crippen LogP contribution >= 0.6 is 0 Å². The van der Waals surface area contributed by atoms with Gasteiger partial charge in [-0.2, -0.15) is 0 Å². The highest BCUT2D eigenvalue weighted by atomic mass is 16.7. The van der Waals surface area contributed by atoms with Gasteiger partial charge in [-0.1, -0.05) is 98.7 Å². The summed E-state index contributed by atoms with van der Waals surface area (Å²) in [5.41, 5.74) is 0.0179. The first-order valence-electron chi connectivity index (χ1n) is 16.0. The van der Waals surface area contributed by atoms with Crippen molar-refractivity contribution in [3.8, 4) is 11.5 Å². The number of benzene rings is 4. The number of nitrogens with one attached hydrogen (secondary N) is 2. The summed E-state index contributed by atoms with van der Waals surface area (Å²) in [7, 11) is 0. The number of hydrogen-bond acceptors (Lipinski definition) is 7. The number of rotatable bonds is 15. The molecule has 3 atom stereocenters. The Morgan fingerprint density at radius 1 is 0.830 bits per heavy atom. The van der Waals surface area contributed by atoms with Gasteiger partial charge in [-0.15, -0.1) is 0 Å². The molecular formula is C38H41N3O6. The van der Waals surface area contributed by atoms with Gasteiger partial charge in [0.1, 0.15) is 24.7 Å². The lowest BCUT2D eigenvalue weighted by atomic mass is 9.87. The molecule has 0 bridgehead atoms. The molecule has 0 spiro atoms. The lowest BCUT2D eigenvalue weighted by Gasteiger charge is -2.28. The zero-order valence-corrected chi connectivity index (χ0v) is 27.0. The summed E-state index contributed by atoms with van der Waals surface area (Å²) < 4.78 is 11.7. The first kappa shape index (κ1) is 33.2. The second kappa shape index (κ2) is 15.4. The third-order valence-corrected chi connectivity index (χ3v) is 8.19. The van der Waals surface area contributed by atoms with Crippen LogP contribution in [0.15, 0.2) is 108 Å². The lowest BCUT2D eigenvalue weighted by Crippen LogP contribution is -2.49. The molecule has 0 radical (unpaired) electrons. The monoisotopic (exact) mass is 635 g/mol. The van der Waals surface area contributed by atoms with Gasteiger partial charge in [0.05, 0.1) is 24.2 Å². The van der Waals surface area contributed by atoms with Crippen LogP contribution in [0.5, 0.6) is 11.5 Å². The number of ether oxygens (including phenoxy) is 2. The number of fused-ring (bicyclic) bond motifs is 1. The Bertz CT molecular complexity index is 1700. The summed E-state index contributed by atoms with van der Waals surface area (Å²) in [6.07, 6.45) is 0.528. The van der Waals surface area contributed by atoms with Crippen molar-refractivity contribution >= 4 is 34.1 Å². The Morgan fingerprint density at radius 3 is 2.15 bits per heavy atom. The normalized spacial score (nSPS) is 16.9. The van der Waals surface area contributed by atoms with Gasteiger partial charge >= 0.3 is 0 Å². The van der Waals surface area contributed by atoms with Gasteiger partial charge in [0.15, 0.2) is 11.4 Å². The van der Waals surface area contributed by atoms with Crippen molar-refractivity contribution in [3.63, 3.8) is 0 Å². The number of oxime groups is 1. The van der Waals surface area contributed by atoms with Crippen molar-refractivity contribution < 1.29 is 28.7 Å². The Balaban J connectivity index is 1.29. The number of ketones is 1. The highest BCUT2D eigenvalue weighted by Crippen LogP contribution is 2.32. The summed E-state index contributed by atoms with van der Waals surface area (Å²) >= 11 is 0. The van der Waals surface area contributed by atoms with Gasteiger partial charge < -0.3 is 24.9 Å². The van der Waals surface area contributed by atoms with Gasteiger partial charge in [-0.05, 0) is 53.4 Å². The molecule has 4 aromatic rings. The Hall–Kier alpha value is -5.18. The summed E-state index contributed by atoms with van der Waals surface area (Å²) in [5.74, 6) is 0.339. The Kier molecular flexibility index (Phi) is 10.9. The Labute approximate surface area is 275 Å². The molecule has 9 nitrogen and oxygen atoms in total. The second-order valence-electron chi connectivity index (χ2n) is 12.1. The summed E-state index contributed by atoms with van der Waals surface area (Å²) in [6, 6.07) is 30.5. The van der Waals surface area contributed by atoms with Crippen molar-refractivity contribution in [2.24, 2.45) is 11.1 Å². The smallest absolute Gasteiger partial charge is 0.252 e. The molecule has 47 heavy (non-hydrogen) atoms. The highest BCUT2D eigenvalue weighted by molar-refractivity contribution is 6.08. The third-order valence-electron chi connectivity index (χ3n) is 8.19. The predicted molar refractivity (Wildman–Crippen MR) is 182 cm³/mol. The molecule has 0 aromatic heterocycles. The minimum atomic E-state index is -1.16. The SMILES string of the molecule is CC[C@H](NC(=O)CC1(COc2ccccc2)CC([C@@H](NC(=O)c2cccc3ccccc23)C(C)C)=NO1)C(=O)COc1ccccc1. The van der Waals surface area contributed by atoms with E-state index in [1.807, 2.05) is 106 Å². The van der Waals surface area contributed by atoms with Gasteiger partial charge in [-0.3, -0.25) is 14.4 Å². The fourth-order valence-electron chi connectivity index (χ4n) is 5.67. The van der Waals surface area contributed by atoms with Crippen LogP contribution in [0, 0.1) is 5.92 Å². The van der Waals surface area contributed by atoms with Crippen LogP contribution in [-0.2, 0) is 14.4 Å². The molecule has 9 heteroatoms. The zero-order valence-electron chi connectivity index (χ0n) is 27.0. The van der Waals surface area contributed by atoms with Gasteiger partial charge in [0, 0.05) is 12.0 Å². The predicted octanol–water partition coefficient (Wildman–Crippen LogP) is 6.12. The van der Waals surface area contributed by atoms with Crippen LogP contribution < -0.4 is 20.1 Å². The van der Waals surface area contributed by atoms with E-state index in [2.05, 4.69) is 15.8 Å². The van der Waals surface area contributed by atoms with Crippen molar-refractivity contribution in [1.29, 1.82) is 0 Å². The molecule has 1 unspecified atom stereocenters. The highest BCUT2D eigenvalue weighted by Gasteiger charge is 2.45. The molecule has 5 rings (SSSR count). The van der Waals surface area contributed by atoms with Gasteiger partial charge in [0.2, 0.25) is 5.91 Å². The fraction of sp³-hybridized carbons (Fsp3) is 0.316. The molecule has 1 aliphatic heterocycles. The van der Waals surface area contributed by atoms with Gasteiger partial charge in [-0.25, -0.2) is 0 Å². The average Bonchev–Trinajstić information content (AvgIpc) is 3.51. The molecule has 1 aliphatic rings. The van der Waals surface area contributed by atoms with E-state index in [0.29, 0.717) is 29.2 Å². The third kappa shape index (κ3) is 8.55. The molecular weight excluding hydrogens is 594 g/mol. The molecule has 0 fully saturated rings. The number of amides is 2. The molecule has 1 heterocycles. The number of para-hydroxylation sites is 2. The summed E-state index contributed by atoms with van der Waals surface area (Å²) in [4.78, 5) is 46.1. The topological polar surface area (TPSA) is 115 Å². The van der Waals surface area contributed by atoms with Gasteiger partial charge in [0.25, 0.3) is 5.91 Å². The summed E-state index contributed by atoms with van der Waals surface area (Å²) in [5, 5.41) is 12.3. The number of carbonyl (C=O) groups excluding carboxylic acids is 3. The van der Waals surface area contributed by atoms with E-state index >= 15 is 0 Å². The standard InChI is InChI=1S/C38H41N3O6/c1-4-32(34(42)24-45-28-16-7-5-8-17-28)39-35(43)23-38(25-46-29-18-9-6-10-19-29)22-33(41-47-38)36(26(2)3)40-37(44)31-21-13-15-27-14-11-12-20-30(27)31/h5-21,26,32,36H,4,22-25H2,1-3H3,(H,39,43)(H,40,44)/t32-,36-,38?/m0/s1. The van der Waals surface area contributed by atoms with Crippen molar-refractivity contribution in [1.82, 2.24) is 10.6 Å². The maximum absolute atomic E-state index is 13.6. The molecule has 244 valence electrons. The number of Topliss-reactive ketones (excluding diaryl/α,β-unsaturated/α-hetero) is 1. The van der Waals surface area contributed by atoms with E-state index < -0.39 is 17.7 Å². The van der Waals surface area contributed by atoms with E-state index in [9.17, 15) is 14.4 Å². The van der Waals surface area contributed by atoms with Crippen LogP contribution in [0.3, 0.4) is 0 Å². The van der Waals surface area contributed by atoms with E-state index in [4.69, 9.17) is 14.3 Å². The minimum Gasteiger partial charge on any atom is -0.489 e. The first-order valence-corrected chi connectivity index (χ1v) is 16.0. The number of carbonyl (C=O) groups is 3. The van der Waals surface area contributed by atoms with Crippen LogP contribution in [0.2, 0.25) is 0 Å². The van der Waals surface area contributed by atoms with E-state index in [-0.39, 0.29) is 49.6 Å². The van der Waals surface area contributed by atoms with Crippen molar-refractivity contribution in [2.75, 3.05) is 13.2 Å². The quantitative estimate of drug-likeness (QED) is 0.163. The maximum atomic E-state index is 13.6. The fourth-order valence-corrected chi connectivity index (χ4v) is 5.67. The van der Waals surface area contributed by atoms with Crippen molar-refractivity contribution in [2.45, 2.75) is 57.7 Å². The lowest BCUT2D eigenvalue weighted by molar-refractivity contribution is -0.134. The molecule has 2 amide bonds. The summed E-state index contributed by atoms with van der Waals surface area (Å²) in [6.45, 7) is 5.69. The Morgan fingerprint density at radius 2 is 1.47 bits per heavy atom. The van der Waals surface area contributed by atoms with Crippen LogP contribution in [0.4, 0.5) is 0 Å². The zero-order chi connectivity index (χ0) is 33.2. The number of nitrogens with zero attached hydrogens (tertiary/aromatic N) is 1.